The van der Waals surface area contributed by atoms with Gasteiger partial charge in [0.25, 0.3) is 0 Å². The van der Waals surface area contributed by atoms with Gasteiger partial charge in [-0.1, -0.05) is 18.2 Å². The molecule has 228 valence electrons. The number of benzene rings is 2. The first kappa shape index (κ1) is 29.7. The van der Waals surface area contributed by atoms with Crippen molar-refractivity contribution in [3.8, 4) is 23.2 Å². The molecule has 2 aromatic carbocycles. The van der Waals surface area contributed by atoms with Crippen LogP contribution in [0.1, 0.15) is 24.8 Å². The fraction of sp³-hybridized carbons (Fsp3) is 0.375. The average molecular weight is 618 g/mol. The molecule has 2 fully saturated rings. The molecule has 4 aromatic rings. The molecule has 2 N–H and O–H groups in total. The number of carbonyl (C=O) groups excluding carboxylic acids is 1. The summed E-state index contributed by atoms with van der Waals surface area (Å²) in [6.07, 6.45) is 5.09. The van der Waals surface area contributed by atoms with E-state index in [1.165, 1.54) is 12.1 Å². The van der Waals surface area contributed by atoms with Crippen LogP contribution in [0.5, 0.6) is 6.01 Å². The number of piperazine rings is 1. The van der Waals surface area contributed by atoms with Crippen molar-refractivity contribution >= 4 is 50.9 Å². The number of amides is 1. The van der Waals surface area contributed by atoms with Gasteiger partial charge < -0.3 is 29.6 Å². The van der Waals surface area contributed by atoms with Crippen LogP contribution in [0.25, 0.3) is 33.0 Å². The van der Waals surface area contributed by atoms with Crippen molar-refractivity contribution in [2.24, 2.45) is 0 Å². The molecule has 2 aromatic heterocycles. The summed E-state index contributed by atoms with van der Waals surface area (Å²) in [5.41, 5.74) is 8.65. The smallest absolute Gasteiger partial charge is 0.319 e. The molecule has 4 heterocycles. The summed E-state index contributed by atoms with van der Waals surface area (Å²) in [6.45, 7) is 7.89. The molecule has 2 aliphatic rings. The molecule has 0 aliphatic carbocycles. The minimum absolute atomic E-state index is 0.130. The predicted molar refractivity (Wildman–Crippen MR) is 168 cm³/mol. The van der Waals surface area contributed by atoms with Crippen molar-refractivity contribution in [2.45, 2.75) is 38.3 Å². The Kier molecular flexibility index (Phi) is 8.05. The zero-order valence-electron chi connectivity index (χ0n) is 24.6. The maximum atomic E-state index is 14.9. The Bertz CT molecular complexity index is 1790. The van der Waals surface area contributed by atoms with Crippen molar-refractivity contribution in [3.05, 3.63) is 53.5 Å². The number of aromatic nitrogens is 2. The predicted octanol–water partition coefficient (Wildman–Crippen LogP) is 5.32. The Balaban J connectivity index is 1.53. The molecule has 1 amide bonds. The highest BCUT2D eigenvalue weighted by atomic mass is 35.5. The van der Waals surface area contributed by atoms with Gasteiger partial charge in [-0.25, -0.2) is 4.39 Å². The van der Waals surface area contributed by atoms with Crippen LogP contribution in [0.3, 0.4) is 0 Å². The lowest BCUT2D eigenvalue weighted by atomic mass is 9.94. The van der Waals surface area contributed by atoms with Crippen molar-refractivity contribution in [3.63, 3.8) is 0 Å². The number of carbonyl (C=O) groups is 1. The first-order valence-corrected chi connectivity index (χ1v) is 14.9. The third-order valence-electron chi connectivity index (χ3n) is 8.76. The number of likely N-dealkylation sites (N-methyl/N-ethyl adjacent to an activating group) is 1. The second-order valence-corrected chi connectivity index (χ2v) is 11.7. The van der Waals surface area contributed by atoms with Crippen LogP contribution in [-0.4, -0.2) is 77.6 Å². The molecule has 10 nitrogen and oxygen atoms in total. The largest absolute Gasteiger partial charge is 0.463 e. The van der Waals surface area contributed by atoms with E-state index in [1.807, 2.05) is 11.0 Å². The molecule has 0 bridgehead atoms. The highest BCUT2D eigenvalue weighted by Gasteiger charge is 2.32. The molecule has 6 rings (SSSR count). The maximum absolute atomic E-state index is 14.9. The Morgan fingerprint density at radius 1 is 1.32 bits per heavy atom. The lowest BCUT2D eigenvalue weighted by Crippen LogP contribution is -2.55. The van der Waals surface area contributed by atoms with Gasteiger partial charge in [-0.3, -0.25) is 4.79 Å². The zero-order chi connectivity index (χ0) is 31.1. The Labute approximate surface area is 259 Å². The molecular formula is C32H33ClFN7O3. The summed E-state index contributed by atoms with van der Waals surface area (Å²) in [4.78, 5) is 28.3. The molecule has 0 unspecified atom stereocenters. The van der Waals surface area contributed by atoms with Crippen LogP contribution in [-0.2, 0) is 4.79 Å². The highest BCUT2D eigenvalue weighted by molar-refractivity contribution is 6.36. The Morgan fingerprint density at radius 3 is 2.86 bits per heavy atom. The van der Waals surface area contributed by atoms with Crippen molar-refractivity contribution in [1.29, 1.82) is 5.26 Å². The molecule has 0 saturated carbocycles. The standard InChI is InChI=1S/C32H33ClFN7O3/c1-4-26(42)41-12-11-40(16-19(41)7-9-35)31-28-25(37-32(38-31)44-17-20-6-5-10-39(20)3)14-22(21-8-13-43-30(21)28)27-18(2)23(34)15-24(36)29(27)33/h4,8,13-15,19-20H,1,5-7,10-12,16-17,36H2,2-3H3/t19-,20-/m0/s1. The fourth-order valence-electron chi connectivity index (χ4n) is 6.35. The van der Waals surface area contributed by atoms with Gasteiger partial charge in [0, 0.05) is 36.6 Å². The van der Waals surface area contributed by atoms with Gasteiger partial charge >= 0.3 is 6.01 Å². The van der Waals surface area contributed by atoms with Gasteiger partial charge in [-0.15, -0.1) is 0 Å². The monoisotopic (exact) mass is 617 g/mol. The van der Waals surface area contributed by atoms with Crippen LogP contribution in [0, 0.1) is 24.1 Å². The Hall–Kier alpha value is -4.40. The summed E-state index contributed by atoms with van der Waals surface area (Å²) >= 11 is 6.68. The number of nitrogens with zero attached hydrogens (tertiary/aromatic N) is 6. The second kappa shape index (κ2) is 11.9. The third-order valence-corrected chi connectivity index (χ3v) is 9.17. The van der Waals surface area contributed by atoms with E-state index in [0.717, 1.165) is 19.4 Å². The number of likely N-dealkylation sites (tertiary alicyclic amines) is 1. The fourth-order valence-corrected chi connectivity index (χ4v) is 6.65. The first-order chi connectivity index (χ1) is 21.2. The topological polar surface area (TPSA) is 125 Å². The van der Waals surface area contributed by atoms with Crippen LogP contribution < -0.4 is 15.4 Å². The van der Waals surface area contributed by atoms with E-state index in [0.29, 0.717) is 70.6 Å². The normalized spacial score (nSPS) is 19.1. The number of nitrogen functional groups attached to an aromatic ring is 1. The molecule has 0 spiro atoms. The minimum atomic E-state index is -0.470. The first-order valence-electron chi connectivity index (χ1n) is 14.6. The van der Waals surface area contributed by atoms with E-state index < -0.39 is 5.82 Å². The van der Waals surface area contributed by atoms with E-state index in [2.05, 4.69) is 24.6 Å². The van der Waals surface area contributed by atoms with Gasteiger partial charge in [0.1, 0.15) is 23.8 Å². The molecular weight excluding hydrogens is 585 g/mol. The van der Waals surface area contributed by atoms with E-state index in [1.54, 1.807) is 24.2 Å². The molecule has 0 radical (unpaired) electrons. The van der Waals surface area contributed by atoms with E-state index in [-0.39, 0.29) is 41.1 Å². The summed E-state index contributed by atoms with van der Waals surface area (Å²) in [6, 6.07) is 7.11. The van der Waals surface area contributed by atoms with Crippen LogP contribution in [0.15, 0.2) is 41.5 Å². The van der Waals surface area contributed by atoms with Gasteiger partial charge in [0.15, 0.2) is 0 Å². The number of halogens is 2. The van der Waals surface area contributed by atoms with Crippen molar-refractivity contribution in [1.82, 2.24) is 19.8 Å². The van der Waals surface area contributed by atoms with Crippen LogP contribution in [0.4, 0.5) is 15.9 Å². The second-order valence-electron chi connectivity index (χ2n) is 11.4. The number of hydrogen-bond acceptors (Lipinski definition) is 9. The van der Waals surface area contributed by atoms with Gasteiger partial charge in [-0.2, -0.15) is 15.2 Å². The van der Waals surface area contributed by atoms with Crippen molar-refractivity contribution in [2.75, 3.05) is 50.5 Å². The Morgan fingerprint density at radius 2 is 2.14 bits per heavy atom. The van der Waals surface area contributed by atoms with E-state index in [9.17, 15) is 14.4 Å². The van der Waals surface area contributed by atoms with Crippen LogP contribution in [0.2, 0.25) is 5.02 Å². The number of nitrogens with two attached hydrogens (primary N) is 1. The number of furan rings is 1. The quantitative estimate of drug-likeness (QED) is 0.217. The lowest BCUT2D eigenvalue weighted by molar-refractivity contribution is -0.128. The summed E-state index contributed by atoms with van der Waals surface area (Å²) < 4.78 is 27.2. The molecule has 2 saturated heterocycles. The number of anilines is 2. The number of hydrogen-bond donors (Lipinski definition) is 1. The highest BCUT2D eigenvalue weighted by Crippen LogP contribution is 2.44. The molecule has 2 aliphatic heterocycles. The number of rotatable bonds is 7. The zero-order valence-corrected chi connectivity index (χ0v) is 25.4. The van der Waals surface area contributed by atoms with Gasteiger partial charge in [0.05, 0.1) is 46.4 Å². The molecule has 2 atom stereocenters. The molecule has 12 heteroatoms. The maximum Gasteiger partial charge on any atom is 0.319 e. The summed E-state index contributed by atoms with van der Waals surface area (Å²) in [5.74, 6) is -0.129. The van der Waals surface area contributed by atoms with Crippen LogP contribution >= 0.6 is 11.6 Å². The van der Waals surface area contributed by atoms with Crippen molar-refractivity contribution < 1.29 is 18.3 Å². The SMILES string of the molecule is C=CC(=O)N1CCN(c2nc(OC[C@@H]3CCCN3C)nc3cc(-c4c(C)c(F)cc(N)c4Cl)c4ccoc4c23)C[C@@H]1CC#N. The average Bonchev–Trinajstić information content (AvgIpc) is 3.67. The minimum Gasteiger partial charge on any atom is -0.463 e. The number of ether oxygens (including phenoxy) is 1. The van der Waals surface area contributed by atoms with Gasteiger partial charge in [0.2, 0.25) is 5.91 Å². The number of nitriles is 1. The lowest BCUT2D eigenvalue weighted by Gasteiger charge is -2.41. The summed E-state index contributed by atoms with van der Waals surface area (Å²) in [7, 11) is 2.07. The van der Waals surface area contributed by atoms with Gasteiger partial charge in [-0.05, 0) is 68.8 Å². The third kappa shape index (κ3) is 5.18. The summed E-state index contributed by atoms with van der Waals surface area (Å²) in [5, 5.41) is 11.1. The van der Waals surface area contributed by atoms with E-state index >= 15 is 0 Å². The van der Waals surface area contributed by atoms with E-state index in [4.69, 9.17) is 36.5 Å². The molecule has 44 heavy (non-hydrogen) atoms. The number of fused-ring (bicyclic) bond motifs is 3.